The molecule has 0 saturated carbocycles. The summed E-state index contributed by atoms with van der Waals surface area (Å²) in [6.07, 6.45) is 3.25. The van der Waals surface area contributed by atoms with E-state index >= 15 is 0 Å². The number of benzene rings is 1. The predicted molar refractivity (Wildman–Crippen MR) is 51.2 cm³/mol. The van der Waals surface area contributed by atoms with Crippen molar-refractivity contribution in [2.24, 2.45) is 0 Å². The van der Waals surface area contributed by atoms with E-state index in [9.17, 15) is 0 Å². The summed E-state index contributed by atoms with van der Waals surface area (Å²) in [5, 5.41) is 9.14. The molecular formula is C10H8N2O. The summed E-state index contributed by atoms with van der Waals surface area (Å²) in [5.41, 5.74) is 2.25. The minimum atomic E-state index is 0.0487. The highest BCUT2D eigenvalue weighted by Crippen LogP contribution is 2.14. The van der Waals surface area contributed by atoms with Gasteiger partial charge in [-0.05, 0) is 18.2 Å². The predicted octanol–water partition coefficient (Wildman–Crippen LogP) is 2.16. The fourth-order valence-electron chi connectivity index (χ4n) is 1.14. The molecule has 0 aliphatic carbocycles. The van der Waals surface area contributed by atoms with Gasteiger partial charge in [-0.15, -0.1) is 0 Å². The molecule has 0 radical (unpaired) electrons. The van der Waals surface area contributed by atoms with Crippen LogP contribution >= 0.6 is 0 Å². The van der Waals surface area contributed by atoms with Gasteiger partial charge in [0, 0.05) is 18.0 Å². The van der Waals surface area contributed by atoms with E-state index in [1.165, 1.54) is 0 Å². The maximum absolute atomic E-state index is 9.14. The highest BCUT2D eigenvalue weighted by atomic mass is 16.3. The van der Waals surface area contributed by atoms with E-state index in [0.717, 1.165) is 11.0 Å². The number of fused-ring (bicyclic) bond motifs is 1. The Morgan fingerprint density at radius 1 is 1.15 bits per heavy atom. The third-order valence-electron chi connectivity index (χ3n) is 1.80. The normalized spacial score (nSPS) is 10.2. The highest BCUT2D eigenvalue weighted by Gasteiger charge is 1.99. The van der Waals surface area contributed by atoms with Gasteiger partial charge in [0.1, 0.15) is 5.76 Å². The number of hydrogen-bond acceptors (Lipinski definition) is 3. The molecule has 0 aliphatic heterocycles. The molecule has 0 aliphatic rings. The molecule has 13 heavy (non-hydrogen) atoms. The summed E-state index contributed by atoms with van der Waals surface area (Å²) in [5.74, 6) is 0.0487. The third-order valence-corrected chi connectivity index (χ3v) is 1.80. The van der Waals surface area contributed by atoms with E-state index in [1.807, 2.05) is 0 Å². The molecule has 1 N–H and O–H groups in total. The second-order valence-corrected chi connectivity index (χ2v) is 2.71. The fourth-order valence-corrected chi connectivity index (χ4v) is 1.14. The first-order chi connectivity index (χ1) is 6.27. The number of rotatable bonds is 1. The summed E-state index contributed by atoms with van der Waals surface area (Å²) in [7, 11) is 0. The molecule has 64 valence electrons. The van der Waals surface area contributed by atoms with E-state index < -0.39 is 0 Å². The Bertz CT molecular complexity index is 465. The van der Waals surface area contributed by atoms with Crippen LogP contribution in [-0.4, -0.2) is 15.1 Å². The SMILES string of the molecule is C=C(O)c1ccc2nccnc2c1. The van der Waals surface area contributed by atoms with E-state index in [-0.39, 0.29) is 5.76 Å². The van der Waals surface area contributed by atoms with Gasteiger partial charge >= 0.3 is 0 Å². The van der Waals surface area contributed by atoms with Gasteiger partial charge in [0.25, 0.3) is 0 Å². The Labute approximate surface area is 75.4 Å². The molecule has 0 amide bonds. The molecule has 0 fully saturated rings. The Hall–Kier alpha value is -1.90. The van der Waals surface area contributed by atoms with Crippen LogP contribution in [0.5, 0.6) is 0 Å². The molecule has 0 spiro atoms. The average Bonchev–Trinajstić information content (AvgIpc) is 2.17. The first kappa shape index (κ1) is 7.73. The molecule has 0 saturated heterocycles. The monoisotopic (exact) mass is 172 g/mol. The number of aliphatic hydroxyl groups excluding tert-OH is 1. The topological polar surface area (TPSA) is 46.0 Å². The van der Waals surface area contributed by atoms with Gasteiger partial charge in [-0.25, -0.2) is 0 Å². The minimum Gasteiger partial charge on any atom is -0.508 e. The standard InChI is InChI=1S/C10H8N2O/c1-7(13)8-2-3-9-10(6-8)12-5-4-11-9/h2-6,13H,1H2. The third kappa shape index (κ3) is 1.36. The van der Waals surface area contributed by atoms with Crippen LogP contribution in [0.25, 0.3) is 16.8 Å². The van der Waals surface area contributed by atoms with Crippen molar-refractivity contribution in [1.82, 2.24) is 9.97 Å². The molecule has 1 aromatic carbocycles. The average molecular weight is 172 g/mol. The second kappa shape index (κ2) is 2.86. The Morgan fingerprint density at radius 3 is 2.54 bits per heavy atom. The van der Waals surface area contributed by atoms with Gasteiger partial charge in [0.05, 0.1) is 11.0 Å². The molecular weight excluding hydrogens is 164 g/mol. The van der Waals surface area contributed by atoms with Crippen molar-refractivity contribution in [1.29, 1.82) is 0 Å². The Kier molecular flexibility index (Phi) is 1.70. The van der Waals surface area contributed by atoms with Crippen molar-refractivity contribution in [2.75, 3.05) is 0 Å². The van der Waals surface area contributed by atoms with Crippen molar-refractivity contribution >= 4 is 16.8 Å². The lowest BCUT2D eigenvalue weighted by Gasteiger charge is -1.99. The van der Waals surface area contributed by atoms with Crippen LogP contribution in [0.4, 0.5) is 0 Å². The summed E-state index contributed by atoms with van der Waals surface area (Å²) in [6.45, 7) is 3.44. The first-order valence-corrected chi connectivity index (χ1v) is 3.86. The van der Waals surface area contributed by atoms with E-state index in [0.29, 0.717) is 5.56 Å². The van der Waals surface area contributed by atoms with E-state index in [4.69, 9.17) is 5.11 Å². The molecule has 0 atom stereocenters. The lowest BCUT2D eigenvalue weighted by atomic mass is 10.2. The molecule has 0 bridgehead atoms. The number of nitrogens with zero attached hydrogens (tertiary/aromatic N) is 2. The number of hydrogen-bond donors (Lipinski definition) is 1. The van der Waals surface area contributed by atoms with Crippen LogP contribution in [0.1, 0.15) is 5.56 Å². The molecule has 3 heteroatoms. The van der Waals surface area contributed by atoms with Crippen LogP contribution in [0.2, 0.25) is 0 Å². The smallest absolute Gasteiger partial charge is 0.115 e. The molecule has 1 aromatic heterocycles. The molecule has 2 aromatic rings. The molecule has 2 rings (SSSR count). The fraction of sp³-hybridized carbons (Fsp3) is 0. The lowest BCUT2D eigenvalue weighted by molar-refractivity contribution is 0.514. The lowest BCUT2D eigenvalue weighted by Crippen LogP contribution is -1.85. The van der Waals surface area contributed by atoms with Crippen molar-refractivity contribution in [2.45, 2.75) is 0 Å². The maximum Gasteiger partial charge on any atom is 0.115 e. The summed E-state index contributed by atoms with van der Waals surface area (Å²) >= 11 is 0. The zero-order valence-corrected chi connectivity index (χ0v) is 6.94. The van der Waals surface area contributed by atoms with Crippen molar-refractivity contribution < 1.29 is 5.11 Å². The highest BCUT2D eigenvalue weighted by molar-refractivity contribution is 5.77. The summed E-state index contributed by atoms with van der Waals surface area (Å²) in [6, 6.07) is 5.32. The van der Waals surface area contributed by atoms with Gasteiger partial charge < -0.3 is 5.11 Å². The van der Waals surface area contributed by atoms with Crippen molar-refractivity contribution in [3.8, 4) is 0 Å². The van der Waals surface area contributed by atoms with E-state index in [1.54, 1.807) is 30.6 Å². The van der Waals surface area contributed by atoms with Crippen LogP contribution in [0, 0.1) is 0 Å². The Balaban J connectivity index is 2.69. The quantitative estimate of drug-likeness (QED) is 0.670. The van der Waals surface area contributed by atoms with Crippen LogP contribution in [-0.2, 0) is 0 Å². The number of aromatic nitrogens is 2. The first-order valence-electron chi connectivity index (χ1n) is 3.86. The van der Waals surface area contributed by atoms with Crippen LogP contribution < -0.4 is 0 Å². The van der Waals surface area contributed by atoms with Gasteiger partial charge in [-0.2, -0.15) is 0 Å². The largest absolute Gasteiger partial charge is 0.508 e. The molecule has 1 heterocycles. The second-order valence-electron chi connectivity index (χ2n) is 2.71. The van der Waals surface area contributed by atoms with Crippen LogP contribution in [0.3, 0.4) is 0 Å². The van der Waals surface area contributed by atoms with Gasteiger partial charge in [0.15, 0.2) is 0 Å². The minimum absolute atomic E-state index is 0.0487. The summed E-state index contributed by atoms with van der Waals surface area (Å²) < 4.78 is 0. The van der Waals surface area contributed by atoms with Gasteiger partial charge in [-0.3, -0.25) is 9.97 Å². The maximum atomic E-state index is 9.14. The van der Waals surface area contributed by atoms with Crippen molar-refractivity contribution in [3.05, 3.63) is 42.7 Å². The zero-order chi connectivity index (χ0) is 9.26. The van der Waals surface area contributed by atoms with E-state index in [2.05, 4.69) is 16.5 Å². The van der Waals surface area contributed by atoms with Crippen molar-refractivity contribution in [3.63, 3.8) is 0 Å². The van der Waals surface area contributed by atoms with Gasteiger partial charge in [0.2, 0.25) is 0 Å². The van der Waals surface area contributed by atoms with Gasteiger partial charge in [-0.1, -0.05) is 6.58 Å². The Morgan fingerprint density at radius 2 is 1.85 bits per heavy atom. The number of aliphatic hydroxyl groups is 1. The zero-order valence-electron chi connectivity index (χ0n) is 6.94. The van der Waals surface area contributed by atoms with Crippen LogP contribution in [0.15, 0.2) is 37.2 Å². The molecule has 3 nitrogen and oxygen atoms in total. The summed E-state index contributed by atoms with van der Waals surface area (Å²) in [4.78, 5) is 8.22. The molecule has 0 unspecified atom stereocenters.